The second-order valence-corrected chi connectivity index (χ2v) is 7.66. The Morgan fingerprint density at radius 1 is 0.939 bits per heavy atom. The van der Waals surface area contributed by atoms with Crippen molar-refractivity contribution >= 4 is 23.7 Å². The number of ether oxygens (including phenoxy) is 3. The molecule has 3 rings (SSSR count). The van der Waals surface area contributed by atoms with Crippen LogP contribution in [0.25, 0.3) is 0 Å². The molecule has 0 bridgehead atoms. The molecule has 0 aromatic heterocycles. The quantitative estimate of drug-likeness (QED) is 0.482. The Hall–Kier alpha value is -3.88. The molecule has 3 amide bonds. The van der Waals surface area contributed by atoms with Gasteiger partial charge in [-0.3, -0.25) is 24.1 Å². The molecular weight excluding hydrogens is 428 g/mol. The first-order valence-corrected chi connectivity index (χ1v) is 10.3. The lowest BCUT2D eigenvalue weighted by molar-refractivity contribution is -0.141. The molecule has 0 spiro atoms. The number of esters is 1. The number of aryl methyl sites for hydroxylation is 1. The summed E-state index contributed by atoms with van der Waals surface area (Å²) in [5, 5.41) is 2.76. The summed E-state index contributed by atoms with van der Waals surface area (Å²) >= 11 is 0. The molecule has 0 saturated carbocycles. The zero-order chi connectivity index (χ0) is 24.3. The number of nitrogens with one attached hydrogen (secondary N) is 1. The number of hydrogen-bond donors (Lipinski definition) is 1. The molecule has 2 aromatic carbocycles. The highest BCUT2D eigenvalue weighted by Gasteiger charge is 2.41. The van der Waals surface area contributed by atoms with Crippen LogP contribution in [-0.4, -0.2) is 56.0 Å². The number of fused-ring (bicyclic) bond motifs is 1. The van der Waals surface area contributed by atoms with Gasteiger partial charge in [0.1, 0.15) is 6.04 Å². The fourth-order valence-corrected chi connectivity index (χ4v) is 3.71. The predicted octanol–water partition coefficient (Wildman–Crippen LogP) is 2.42. The van der Waals surface area contributed by atoms with Crippen molar-refractivity contribution in [3.8, 4) is 11.5 Å². The number of nitrogens with zero attached hydrogens (tertiary/aromatic N) is 1. The highest BCUT2D eigenvalue weighted by Crippen LogP contribution is 2.31. The molecule has 33 heavy (non-hydrogen) atoms. The van der Waals surface area contributed by atoms with E-state index in [2.05, 4.69) is 5.32 Å². The lowest BCUT2D eigenvalue weighted by Gasteiger charge is -2.25. The summed E-state index contributed by atoms with van der Waals surface area (Å²) in [6, 6.07) is 8.04. The number of hydrogen-bond acceptors (Lipinski definition) is 7. The standard InChI is InChI=1S/C24H26N2O7/c1-13-6-8-16-17(10-13)24(30)26(23(16)29)14(2)22(28)25-18(12-21(27)33-5)15-7-9-19(31-3)20(11-15)32-4/h6-11,14,18H,12H2,1-5H3,(H,25,28). The van der Waals surface area contributed by atoms with Gasteiger partial charge < -0.3 is 19.5 Å². The Labute approximate surface area is 191 Å². The molecule has 174 valence electrons. The highest BCUT2D eigenvalue weighted by atomic mass is 16.5. The third-order valence-corrected chi connectivity index (χ3v) is 5.57. The van der Waals surface area contributed by atoms with E-state index in [1.54, 1.807) is 36.4 Å². The fourth-order valence-electron chi connectivity index (χ4n) is 3.71. The van der Waals surface area contributed by atoms with Crippen LogP contribution in [-0.2, 0) is 14.3 Å². The molecule has 0 saturated heterocycles. The summed E-state index contributed by atoms with van der Waals surface area (Å²) in [5.74, 6) is -1.30. The molecule has 0 radical (unpaired) electrons. The SMILES string of the molecule is COC(=O)CC(NC(=O)C(C)N1C(=O)c2ccc(C)cc2C1=O)c1ccc(OC)c(OC)c1. The Kier molecular flexibility index (Phi) is 7.01. The highest BCUT2D eigenvalue weighted by molar-refractivity contribution is 6.22. The minimum atomic E-state index is -1.10. The number of methoxy groups -OCH3 is 3. The van der Waals surface area contributed by atoms with E-state index >= 15 is 0 Å². The van der Waals surface area contributed by atoms with Gasteiger partial charge in [0.05, 0.1) is 44.9 Å². The van der Waals surface area contributed by atoms with Crippen molar-refractivity contribution in [3.05, 3.63) is 58.7 Å². The third kappa shape index (κ3) is 4.67. The van der Waals surface area contributed by atoms with E-state index in [0.717, 1.165) is 10.5 Å². The Balaban J connectivity index is 1.86. The first-order valence-electron chi connectivity index (χ1n) is 10.3. The van der Waals surface area contributed by atoms with Crippen molar-refractivity contribution in [2.24, 2.45) is 0 Å². The smallest absolute Gasteiger partial charge is 0.307 e. The number of carbonyl (C=O) groups is 4. The molecule has 9 nitrogen and oxygen atoms in total. The average molecular weight is 454 g/mol. The Morgan fingerprint density at radius 3 is 2.24 bits per heavy atom. The van der Waals surface area contributed by atoms with Gasteiger partial charge in [0.2, 0.25) is 5.91 Å². The van der Waals surface area contributed by atoms with Gasteiger partial charge in [0.25, 0.3) is 11.8 Å². The van der Waals surface area contributed by atoms with E-state index in [1.807, 2.05) is 6.92 Å². The van der Waals surface area contributed by atoms with Crippen molar-refractivity contribution in [3.63, 3.8) is 0 Å². The molecule has 1 aliphatic heterocycles. The van der Waals surface area contributed by atoms with Gasteiger partial charge in [-0.15, -0.1) is 0 Å². The second-order valence-electron chi connectivity index (χ2n) is 7.66. The van der Waals surface area contributed by atoms with Crippen LogP contribution in [0.2, 0.25) is 0 Å². The van der Waals surface area contributed by atoms with Crippen LogP contribution in [0.5, 0.6) is 11.5 Å². The van der Waals surface area contributed by atoms with Crippen LogP contribution in [0.1, 0.15) is 51.2 Å². The van der Waals surface area contributed by atoms with Crippen LogP contribution in [0, 0.1) is 6.92 Å². The van der Waals surface area contributed by atoms with Crippen molar-refractivity contribution in [1.29, 1.82) is 0 Å². The molecule has 1 heterocycles. The maximum absolute atomic E-state index is 13.1. The summed E-state index contributed by atoms with van der Waals surface area (Å²) in [5.41, 5.74) is 1.93. The van der Waals surface area contributed by atoms with Gasteiger partial charge in [0, 0.05) is 0 Å². The average Bonchev–Trinajstić information content (AvgIpc) is 3.06. The van der Waals surface area contributed by atoms with Crippen LogP contribution in [0.15, 0.2) is 36.4 Å². The molecule has 9 heteroatoms. The van der Waals surface area contributed by atoms with Crippen molar-refractivity contribution in [2.75, 3.05) is 21.3 Å². The van der Waals surface area contributed by atoms with E-state index < -0.39 is 35.8 Å². The molecular formula is C24H26N2O7. The second kappa shape index (κ2) is 9.72. The Morgan fingerprint density at radius 2 is 1.61 bits per heavy atom. The minimum Gasteiger partial charge on any atom is -0.493 e. The molecule has 0 aliphatic carbocycles. The van der Waals surface area contributed by atoms with E-state index in [0.29, 0.717) is 17.1 Å². The maximum Gasteiger partial charge on any atom is 0.307 e. The number of rotatable bonds is 8. The lowest BCUT2D eigenvalue weighted by atomic mass is 10.0. The molecule has 2 unspecified atom stereocenters. The van der Waals surface area contributed by atoms with Crippen molar-refractivity contribution in [1.82, 2.24) is 10.2 Å². The van der Waals surface area contributed by atoms with Gasteiger partial charge in [-0.05, 0) is 43.7 Å². The Bertz CT molecular complexity index is 1110. The van der Waals surface area contributed by atoms with Gasteiger partial charge in [0.15, 0.2) is 11.5 Å². The summed E-state index contributed by atoms with van der Waals surface area (Å²) in [6.07, 6.45) is -0.161. The van der Waals surface area contributed by atoms with Gasteiger partial charge in [-0.25, -0.2) is 0 Å². The monoisotopic (exact) mass is 454 g/mol. The maximum atomic E-state index is 13.1. The van der Waals surface area contributed by atoms with Gasteiger partial charge >= 0.3 is 5.97 Å². The van der Waals surface area contributed by atoms with E-state index in [1.165, 1.54) is 28.3 Å². The molecule has 1 aliphatic rings. The van der Waals surface area contributed by atoms with E-state index in [9.17, 15) is 19.2 Å². The largest absolute Gasteiger partial charge is 0.493 e. The minimum absolute atomic E-state index is 0.161. The van der Waals surface area contributed by atoms with E-state index in [4.69, 9.17) is 14.2 Å². The first kappa shape index (κ1) is 23.8. The molecule has 2 atom stereocenters. The van der Waals surface area contributed by atoms with Crippen molar-refractivity contribution < 1.29 is 33.4 Å². The molecule has 1 N–H and O–H groups in total. The topological polar surface area (TPSA) is 111 Å². The molecule has 0 fully saturated rings. The fraction of sp³-hybridized carbons (Fsp3) is 0.333. The van der Waals surface area contributed by atoms with Gasteiger partial charge in [-0.1, -0.05) is 17.7 Å². The summed E-state index contributed by atoms with van der Waals surface area (Å²) in [7, 11) is 4.22. The van der Waals surface area contributed by atoms with Crippen LogP contribution in [0.3, 0.4) is 0 Å². The summed E-state index contributed by atoms with van der Waals surface area (Å²) in [4.78, 5) is 51.7. The predicted molar refractivity (Wildman–Crippen MR) is 118 cm³/mol. The zero-order valence-corrected chi connectivity index (χ0v) is 19.1. The lowest BCUT2D eigenvalue weighted by Crippen LogP contribution is -2.48. The first-order chi connectivity index (χ1) is 15.7. The number of imide groups is 1. The van der Waals surface area contributed by atoms with Gasteiger partial charge in [-0.2, -0.15) is 0 Å². The number of benzene rings is 2. The third-order valence-electron chi connectivity index (χ3n) is 5.57. The number of carbonyl (C=O) groups excluding carboxylic acids is 4. The van der Waals surface area contributed by atoms with E-state index in [-0.39, 0.29) is 17.5 Å². The normalized spacial score (nSPS) is 14.4. The van der Waals surface area contributed by atoms with Crippen LogP contribution in [0.4, 0.5) is 0 Å². The number of amides is 3. The summed E-state index contributed by atoms with van der Waals surface area (Å²) in [6.45, 7) is 3.28. The van der Waals surface area contributed by atoms with Crippen molar-refractivity contribution in [2.45, 2.75) is 32.4 Å². The molecule has 2 aromatic rings. The zero-order valence-electron chi connectivity index (χ0n) is 19.1. The summed E-state index contributed by atoms with van der Waals surface area (Å²) < 4.78 is 15.3. The van der Waals surface area contributed by atoms with Crippen LogP contribution < -0.4 is 14.8 Å². The van der Waals surface area contributed by atoms with Crippen LogP contribution >= 0.6 is 0 Å².